The fraction of sp³-hybridized carbons (Fsp3) is 0.615. The molecular weight excluding hydrogens is 218 g/mol. The first-order valence-electron chi connectivity index (χ1n) is 6.16. The number of amides is 1. The largest absolute Gasteiger partial charge is 0.456 e. The fourth-order valence-corrected chi connectivity index (χ4v) is 2.49. The van der Waals surface area contributed by atoms with E-state index in [0.717, 1.165) is 25.0 Å². The Bertz CT molecular complexity index is 386. The van der Waals surface area contributed by atoms with Crippen LogP contribution in [-0.2, 0) is 0 Å². The lowest BCUT2D eigenvalue weighted by atomic mass is 9.97. The highest BCUT2D eigenvalue weighted by atomic mass is 16.3. The van der Waals surface area contributed by atoms with Crippen LogP contribution in [0.15, 0.2) is 16.5 Å². The zero-order chi connectivity index (χ0) is 12.3. The molecular formula is C13H19NO3. The standard InChI is InChI=1S/C13H19NO3/c1-9-5-6-12(17-9)13(16)14-7-10-3-2-4-11(10)8-15/h5-6,10-11,15H,2-4,7-8H2,1H3,(H,14,16). The number of aliphatic hydroxyl groups excluding tert-OH is 1. The van der Waals surface area contributed by atoms with Crippen molar-refractivity contribution in [2.45, 2.75) is 26.2 Å². The molecule has 0 aliphatic heterocycles. The van der Waals surface area contributed by atoms with Crippen LogP contribution < -0.4 is 5.32 Å². The van der Waals surface area contributed by atoms with E-state index in [1.807, 2.05) is 6.92 Å². The fourth-order valence-electron chi connectivity index (χ4n) is 2.49. The first-order chi connectivity index (χ1) is 8.20. The molecule has 2 unspecified atom stereocenters. The highest BCUT2D eigenvalue weighted by molar-refractivity contribution is 5.91. The number of carbonyl (C=O) groups is 1. The zero-order valence-electron chi connectivity index (χ0n) is 10.1. The first-order valence-corrected chi connectivity index (χ1v) is 6.16. The van der Waals surface area contributed by atoms with E-state index in [4.69, 9.17) is 4.42 Å². The molecule has 4 nitrogen and oxygen atoms in total. The van der Waals surface area contributed by atoms with Crippen LogP contribution in [0.3, 0.4) is 0 Å². The molecule has 0 radical (unpaired) electrons. The van der Waals surface area contributed by atoms with Crippen LogP contribution in [0.25, 0.3) is 0 Å². The Kier molecular flexibility index (Phi) is 3.84. The maximum absolute atomic E-state index is 11.7. The van der Waals surface area contributed by atoms with E-state index in [1.54, 1.807) is 12.1 Å². The van der Waals surface area contributed by atoms with Crippen LogP contribution in [0, 0.1) is 18.8 Å². The molecule has 2 N–H and O–H groups in total. The van der Waals surface area contributed by atoms with E-state index in [0.29, 0.717) is 24.1 Å². The van der Waals surface area contributed by atoms with Crippen molar-refractivity contribution in [3.05, 3.63) is 23.7 Å². The molecule has 1 aromatic heterocycles. The van der Waals surface area contributed by atoms with E-state index in [9.17, 15) is 9.90 Å². The monoisotopic (exact) mass is 237 g/mol. The smallest absolute Gasteiger partial charge is 0.287 e. The Hall–Kier alpha value is -1.29. The topological polar surface area (TPSA) is 62.5 Å². The Balaban J connectivity index is 1.84. The SMILES string of the molecule is Cc1ccc(C(=O)NCC2CCCC2CO)o1. The number of aryl methyl sites for hydroxylation is 1. The molecule has 0 bridgehead atoms. The second-order valence-electron chi connectivity index (χ2n) is 4.75. The van der Waals surface area contributed by atoms with E-state index in [1.165, 1.54) is 0 Å². The predicted molar refractivity (Wildman–Crippen MR) is 63.7 cm³/mol. The summed E-state index contributed by atoms with van der Waals surface area (Å²) in [6, 6.07) is 3.46. The molecule has 1 heterocycles. The lowest BCUT2D eigenvalue weighted by Gasteiger charge is -2.17. The van der Waals surface area contributed by atoms with Crippen molar-refractivity contribution in [1.82, 2.24) is 5.32 Å². The maximum atomic E-state index is 11.7. The van der Waals surface area contributed by atoms with Gasteiger partial charge in [-0.3, -0.25) is 4.79 Å². The second kappa shape index (κ2) is 5.36. The summed E-state index contributed by atoms with van der Waals surface area (Å²) in [6.45, 7) is 2.67. The number of hydrogen-bond acceptors (Lipinski definition) is 3. The van der Waals surface area contributed by atoms with Gasteiger partial charge in [0.25, 0.3) is 5.91 Å². The zero-order valence-corrected chi connectivity index (χ0v) is 10.1. The average molecular weight is 237 g/mol. The van der Waals surface area contributed by atoms with Gasteiger partial charge in [0.05, 0.1) is 0 Å². The van der Waals surface area contributed by atoms with E-state index < -0.39 is 0 Å². The van der Waals surface area contributed by atoms with Crippen LogP contribution in [0.5, 0.6) is 0 Å². The summed E-state index contributed by atoms with van der Waals surface area (Å²) in [5.74, 6) is 1.68. The third-order valence-electron chi connectivity index (χ3n) is 3.54. The minimum absolute atomic E-state index is 0.165. The third-order valence-corrected chi connectivity index (χ3v) is 3.54. The molecule has 0 spiro atoms. The molecule has 1 aliphatic carbocycles. The van der Waals surface area contributed by atoms with Gasteiger partial charge < -0.3 is 14.8 Å². The van der Waals surface area contributed by atoms with Gasteiger partial charge >= 0.3 is 0 Å². The summed E-state index contributed by atoms with van der Waals surface area (Å²) in [6.07, 6.45) is 3.30. The van der Waals surface area contributed by atoms with Crippen molar-refractivity contribution in [3.63, 3.8) is 0 Å². The third kappa shape index (κ3) is 2.88. The molecule has 2 atom stereocenters. The van der Waals surface area contributed by atoms with Crippen molar-refractivity contribution in [2.24, 2.45) is 11.8 Å². The first kappa shape index (κ1) is 12.2. The molecule has 1 aromatic rings. The number of hydrogen-bond donors (Lipinski definition) is 2. The number of nitrogens with one attached hydrogen (secondary N) is 1. The van der Waals surface area contributed by atoms with Crippen LogP contribution in [0.2, 0.25) is 0 Å². The van der Waals surface area contributed by atoms with Crippen LogP contribution in [-0.4, -0.2) is 24.2 Å². The number of rotatable bonds is 4. The summed E-state index contributed by atoms with van der Waals surface area (Å²) < 4.78 is 5.25. The summed E-state index contributed by atoms with van der Waals surface area (Å²) in [5, 5.41) is 12.1. The van der Waals surface area contributed by atoms with Gasteiger partial charge in [-0.15, -0.1) is 0 Å². The van der Waals surface area contributed by atoms with Crippen molar-refractivity contribution < 1.29 is 14.3 Å². The number of furan rings is 1. The molecule has 1 saturated carbocycles. The minimum atomic E-state index is -0.165. The summed E-state index contributed by atoms with van der Waals surface area (Å²) >= 11 is 0. The Labute approximate surface area is 101 Å². The van der Waals surface area contributed by atoms with Gasteiger partial charge in [0.15, 0.2) is 5.76 Å². The van der Waals surface area contributed by atoms with Gasteiger partial charge in [-0.2, -0.15) is 0 Å². The Morgan fingerprint density at radius 1 is 1.47 bits per heavy atom. The Morgan fingerprint density at radius 2 is 2.24 bits per heavy atom. The van der Waals surface area contributed by atoms with Gasteiger partial charge in [0.1, 0.15) is 5.76 Å². The van der Waals surface area contributed by atoms with Crippen molar-refractivity contribution in [2.75, 3.05) is 13.2 Å². The second-order valence-corrected chi connectivity index (χ2v) is 4.75. The van der Waals surface area contributed by atoms with Gasteiger partial charge in [-0.25, -0.2) is 0 Å². The van der Waals surface area contributed by atoms with E-state index in [2.05, 4.69) is 5.32 Å². The number of carbonyl (C=O) groups excluding carboxylic acids is 1. The van der Waals surface area contributed by atoms with Gasteiger partial charge in [-0.05, 0) is 43.7 Å². The normalized spacial score (nSPS) is 23.9. The van der Waals surface area contributed by atoms with Crippen LogP contribution >= 0.6 is 0 Å². The molecule has 94 valence electrons. The van der Waals surface area contributed by atoms with Crippen LogP contribution in [0.1, 0.15) is 35.6 Å². The number of aliphatic hydroxyl groups is 1. The summed E-state index contributed by atoms with van der Waals surface area (Å²) in [5.41, 5.74) is 0. The molecule has 1 amide bonds. The summed E-state index contributed by atoms with van der Waals surface area (Å²) in [7, 11) is 0. The lowest BCUT2D eigenvalue weighted by molar-refractivity contribution is 0.0909. The van der Waals surface area contributed by atoms with E-state index in [-0.39, 0.29) is 12.5 Å². The molecule has 1 fully saturated rings. The molecule has 0 aromatic carbocycles. The maximum Gasteiger partial charge on any atom is 0.287 e. The van der Waals surface area contributed by atoms with Gasteiger partial charge in [0.2, 0.25) is 0 Å². The highest BCUT2D eigenvalue weighted by Gasteiger charge is 2.27. The van der Waals surface area contributed by atoms with Crippen LogP contribution in [0.4, 0.5) is 0 Å². The molecule has 1 aliphatic rings. The molecule has 2 rings (SSSR count). The van der Waals surface area contributed by atoms with E-state index >= 15 is 0 Å². The van der Waals surface area contributed by atoms with Crippen molar-refractivity contribution in [3.8, 4) is 0 Å². The van der Waals surface area contributed by atoms with Gasteiger partial charge in [0, 0.05) is 13.2 Å². The molecule has 4 heteroatoms. The minimum Gasteiger partial charge on any atom is -0.456 e. The molecule has 17 heavy (non-hydrogen) atoms. The summed E-state index contributed by atoms with van der Waals surface area (Å²) in [4.78, 5) is 11.7. The highest BCUT2D eigenvalue weighted by Crippen LogP contribution is 2.30. The van der Waals surface area contributed by atoms with Crippen molar-refractivity contribution in [1.29, 1.82) is 0 Å². The predicted octanol–water partition coefficient (Wildman–Crippen LogP) is 1.73. The lowest BCUT2D eigenvalue weighted by Crippen LogP contribution is -2.31. The average Bonchev–Trinajstić information content (AvgIpc) is 2.94. The van der Waals surface area contributed by atoms with Gasteiger partial charge in [-0.1, -0.05) is 6.42 Å². The molecule has 0 saturated heterocycles. The quantitative estimate of drug-likeness (QED) is 0.838. The Morgan fingerprint density at radius 3 is 2.88 bits per heavy atom. The van der Waals surface area contributed by atoms with Crippen molar-refractivity contribution >= 4 is 5.91 Å².